The first-order chi connectivity index (χ1) is 8.58. The van der Waals surface area contributed by atoms with Crippen molar-refractivity contribution in [3.05, 3.63) is 27.1 Å². The van der Waals surface area contributed by atoms with Crippen LogP contribution in [0.5, 0.6) is 0 Å². The lowest BCUT2D eigenvalue weighted by Gasteiger charge is -2.33. The molecule has 3 N–H and O–H groups in total. The van der Waals surface area contributed by atoms with E-state index in [1.807, 2.05) is 4.90 Å². The van der Waals surface area contributed by atoms with E-state index in [1.165, 1.54) is 6.07 Å². The first kappa shape index (κ1) is 12.9. The number of thiophene rings is 1. The number of nitrogens with zero attached hydrogens (tertiary/aromatic N) is 2. The van der Waals surface area contributed by atoms with Crippen molar-refractivity contribution in [2.24, 2.45) is 5.73 Å². The van der Waals surface area contributed by atoms with Crippen molar-refractivity contribution in [3.63, 3.8) is 0 Å². The molecule has 1 aromatic heterocycles. The smallest absolute Gasteiger partial charge is 0.324 e. The summed E-state index contributed by atoms with van der Waals surface area (Å²) in [4.78, 5) is 24.3. The highest BCUT2D eigenvalue weighted by atomic mass is 32.1. The summed E-state index contributed by atoms with van der Waals surface area (Å²) < 4.78 is 0. The molecule has 1 saturated heterocycles. The van der Waals surface area contributed by atoms with E-state index in [9.17, 15) is 14.9 Å². The van der Waals surface area contributed by atoms with Crippen LogP contribution in [0.2, 0.25) is 0 Å². The van der Waals surface area contributed by atoms with Crippen molar-refractivity contribution in [1.82, 2.24) is 10.2 Å². The van der Waals surface area contributed by atoms with E-state index in [1.54, 1.807) is 6.07 Å². The minimum absolute atomic E-state index is 0.121. The lowest BCUT2D eigenvalue weighted by Crippen LogP contribution is -2.56. The Balaban J connectivity index is 2.06. The van der Waals surface area contributed by atoms with Gasteiger partial charge in [0.2, 0.25) is 5.91 Å². The van der Waals surface area contributed by atoms with E-state index in [-0.39, 0.29) is 17.0 Å². The molecule has 1 aliphatic heterocycles. The van der Waals surface area contributed by atoms with Crippen LogP contribution in [-0.2, 0) is 11.3 Å². The molecule has 7 nitrogen and oxygen atoms in total. The summed E-state index contributed by atoms with van der Waals surface area (Å²) in [6, 6.07) is 2.87. The zero-order valence-corrected chi connectivity index (χ0v) is 10.5. The Morgan fingerprint density at radius 3 is 3.06 bits per heavy atom. The predicted octanol–water partition coefficient (Wildman–Crippen LogP) is -0.0846. The summed E-state index contributed by atoms with van der Waals surface area (Å²) in [5.41, 5.74) is 5.34. The molecule has 0 aliphatic carbocycles. The lowest BCUT2D eigenvalue weighted by molar-refractivity contribution is -0.380. The molecule has 8 heteroatoms. The summed E-state index contributed by atoms with van der Waals surface area (Å²) >= 11 is 1.14. The predicted molar refractivity (Wildman–Crippen MR) is 67.2 cm³/mol. The van der Waals surface area contributed by atoms with Gasteiger partial charge in [0.25, 0.3) is 0 Å². The molecular formula is C10H14N4O3S. The van der Waals surface area contributed by atoms with E-state index >= 15 is 0 Å². The number of hydrogen-bond donors (Lipinski definition) is 2. The number of rotatable bonds is 4. The van der Waals surface area contributed by atoms with Gasteiger partial charge in [-0.15, -0.1) is 0 Å². The molecule has 0 radical (unpaired) electrons. The Morgan fingerprint density at radius 1 is 1.67 bits per heavy atom. The number of nitro groups is 1. The van der Waals surface area contributed by atoms with E-state index in [2.05, 4.69) is 5.32 Å². The van der Waals surface area contributed by atoms with Gasteiger partial charge in [-0.2, -0.15) is 0 Å². The second kappa shape index (κ2) is 5.42. The van der Waals surface area contributed by atoms with Crippen LogP contribution < -0.4 is 11.1 Å². The molecule has 0 spiro atoms. The number of primary amides is 1. The highest BCUT2D eigenvalue weighted by molar-refractivity contribution is 7.15. The molecule has 2 heterocycles. The molecule has 1 atom stereocenters. The fourth-order valence-corrected chi connectivity index (χ4v) is 2.81. The van der Waals surface area contributed by atoms with Crippen LogP contribution in [0.3, 0.4) is 0 Å². The van der Waals surface area contributed by atoms with Gasteiger partial charge in [0.05, 0.1) is 4.92 Å². The number of nitrogens with two attached hydrogens (primary N) is 1. The van der Waals surface area contributed by atoms with Crippen LogP contribution in [0.4, 0.5) is 5.00 Å². The van der Waals surface area contributed by atoms with Crippen LogP contribution in [0.25, 0.3) is 0 Å². The Labute approximate surface area is 108 Å². The molecule has 1 amide bonds. The van der Waals surface area contributed by atoms with E-state index in [0.717, 1.165) is 22.8 Å². The van der Waals surface area contributed by atoms with Gasteiger partial charge in [0, 0.05) is 37.1 Å². The second-order valence-corrected chi connectivity index (χ2v) is 5.24. The second-order valence-electron chi connectivity index (χ2n) is 4.09. The fourth-order valence-electron chi connectivity index (χ4n) is 1.97. The summed E-state index contributed by atoms with van der Waals surface area (Å²) in [7, 11) is 0. The normalized spacial score (nSPS) is 20.8. The molecule has 1 aliphatic rings. The summed E-state index contributed by atoms with van der Waals surface area (Å²) in [5.74, 6) is -0.367. The number of carbonyl (C=O) groups excluding carboxylic acids is 1. The topological polar surface area (TPSA) is 102 Å². The number of amides is 1. The van der Waals surface area contributed by atoms with Crippen LogP contribution >= 0.6 is 11.3 Å². The molecule has 0 bridgehead atoms. The monoisotopic (exact) mass is 270 g/mol. The zero-order valence-electron chi connectivity index (χ0n) is 9.67. The van der Waals surface area contributed by atoms with Gasteiger partial charge >= 0.3 is 5.00 Å². The maximum Gasteiger partial charge on any atom is 0.324 e. The highest BCUT2D eigenvalue weighted by Crippen LogP contribution is 2.25. The van der Waals surface area contributed by atoms with Crippen molar-refractivity contribution in [3.8, 4) is 0 Å². The Hall–Kier alpha value is -1.51. The van der Waals surface area contributed by atoms with Crippen molar-refractivity contribution in [2.75, 3.05) is 19.6 Å². The van der Waals surface area contributed by atoms with Gasteiger partial charge in [-0.1, -0.05) is 11.3 Å². The van der Waals surface area contributed by atoms with Crippen molar-refractivity contribution in [1.29, 1.82) is 0 Å². The van der Waals surface area contributed by atoms with E-state index in [4.69, 9.17) is 5.73 Å². The van der Waals surface area contributed by atoms with Crippen LogP contribution in [0.1, 0.15) is 4.88 Å². The molecular weight excluding hydrogens is 256 g/mol. The minimum Gasteiger partial charge on any atom is -0.368 e. The van der Waals surface area contributed by atoms with Crippen molar-refractivity contribution < 1.29 is 9.72 Å². The average Bonchev–Trinajstić information content (AvgIpc) is 2.78. The van der Waals surface area contributed by atoms with Crippen molar-refractivity contribution in [2.45, 2.75) is 12.6 Å². The van der Waals surface area contributed by atoms with Crippen molar-refractivity contribution >= 4 is 22.2 Å². The molecule has 0 saturated carbocycles. The molecule has 1 unspecified atom stereocenters. The maximum atomic E-state index is 11.3. The number of hydrogen-bond acceptors (Lipinski definition) is 6. The van der Waals surface area contributed by atoms with Crippen LogP contribution in [-0.4, -0.2) is 41.4 Å². The molecule has 98 valence electrons. The van der Waals surface area contributed by atoms with Gasteiger partial charge in [0.1, 0.15) is 6.04 Å². The van der Waals surface area contributed by atoms with Gasteiger partial charge in [-0.3, -0.25) is 19.8 Å². The average molecular weight is 270 g/mol. The van der Waals surface area contributed by atoms with Gasteiger partial charge in [-0.05, 0) is 6.07 Å². The SMILES string of the molecule is NC(=O)C1CNCCN1Cc1ccc([N+](=O)[O-])s1. The largest absolute Gasteiger partial charge is 0.368 e. The van der Waals surface area contributed by atoms with Crippen LogP contribution in [0, 0.1) is 10.1 Å². The summed E-state index contributed by atoms with van der Waals surface area (Å²) in [6.45, 7) is 2.55. The molecule has 0 aromatic carbocycles. The van der Waals surface area contributed by atoms with Gasteiger partial charge in [-0.25, -0.2) is 0 Å². The third-order valence-electron chi connectivity index (χ3n) is 2.87. The lowest BCUT2D eigenvalue weighted by atomic mass is 10.2. The number of piperazine rings is 1. The number of nitrogens with one attached hydrogen (secondary N) is 1. The highest BCUT2D eigenvalue weighted by Gasteiger charge is 2.27. The minimum atomic E-state index is -0.405. The first-order valence-electron chi connectivity index (χ1n) is 5.55. The standard InChI is InChI=1S/C10H14N4O3S/c11-10(15)8-5-12-3-4-13(8)6-7-1-2-9(18-7)14(16)17/h1-2,8,12H,3-6H2,(H2,11,15). The summed E-state index contributed by atoms with van der Waals surface area (Å²) in [6.07, 6.45) is 0. The Bertz CT molecular complexity index is 462. The maximum absolute atomic E-state index is 11.3. The Morgan fingerprint density at radius 2 is 2.44 bits per heavy atom. The molecule has 1 fully saturated rings. The van der Waals surface area contributed by atoms with Gasteiger partial charge in [0.15, 0.2) is 0 Å². The van der Waals surface area contributed by atoms with Crippen LogP contribution in [0.15, 0.2) is 12.1 Å². The third-order valence-corrected chi connectivity index (χ3v) is 3.89. The fraction of sp³-hybridized carbons (Fsp3) is 0.500. The van der Waals surface area contributed by atoms with E-state index < -0.39 is 4.92 Å². The zero-order chi connectivity index (χ0) is 13.1. The van der Waals surface area contributed by atoms with E-state index in [0.29, 0.717) is 19.6 Å². The molecule has 1 aromatic rings. The summed E-state index contributed by atoms with van der Waals surface area (Å²) in [5, 5.41) is 13.8. The molecule has 2 rings (SSSR count). The third kappa shape index (κ3) is 2.84. The number of carbonyl (C=O) groups is 1. The molecule has 18 heavy (non-hydrogen) atoms. The quantitative estimate of drug-likeness (QED) is 0.588. The van der Waals surface area contributed by atoms with Gasteiger partial charge < -0.3 is 11.1 Å². The first-order valence-corrected chi connectivity index (χ1v) is 6.37. The Kier molecular flexibility index (Phi) is 3.90.